The summed E-state index contributed by atoms with van der Waals surface area (Å²) in [5, 5.41) is 10.7. The fraction of sp³-hybridized carbons (Fsp3) is 0.273. The fourth-order valence-electron chi connectivity index (χ4n) is 3.21. The number of H-pyrrole nitrogens is 1. The number of carbonyl (C=O) groups excluding carboxylic acids is 1. The standard InChI is InChI=1S/C22H27N5O2/c1-15(28)27-20-12-16(8-9-21(20)29-3)13-26-22(23-2)24-11-10-17-14-25-19-7-5-4-6-18(17)19/h4-9,12,14,25H,10-11,13H2,1-3H3,(H,27,28)(H2,23,24,26). The summed E-state index contributed by atoms with van der Waals surface area (Å²) < 4.78 is 5.29. The number of aliphatic imine (C=N–C) groups is 1. The molecule has 0 bridgehead atoms. The molecule has 0 saturated heterocycles. The van der Waals surface area contributed by atoms with Crippen LogP contribution in [0.3, 0.4) is 0 Å². The summed E-state index contributed by atoms with van der Waals surface area (Å²) in [5.41, 5.74) is 4.09. The Labute approximate surface area is 170 Å². The number of hydrogen-bond donors (Lipinski definition) is 4. The average molecular weight is 393 g/mol. The van der Waals surface area contributed by atoms with Crippen LogP contribution in [-0.4, -0.2) is 37.6 Å². The van der Waals surface area contributed by atoms with Gasteiger partial charge in [-0.05, 0) is 35.7 Å². The van der Waals surface area contributed by atoms with Crippen molar-refractivity contribution in [3.8, 4) is 5.75 Å². The van der Waals surface area contributed by atoms with Gasteiger partial charge in [0, 0.05) is 44.2 Å². The second-order valence-electron chi connectivity index (χ2n) is 6.68. The molecule has 0 spiro atoms. The van der Waals surface area contributed by atoms with Gasteiger partial charge in [-0.3, -0.25) is 9.79 Å². The van der Waals surface area contributed by atoms with Crippen LogP contribution in [0.15, 0.2) is 53.7 Å². The lowest BCUT2D eigenvalue weighted by atomic mass is 10.1. The minimum absolute atomic E-state index is 0.136. The van der Waals surface area contributed by atoms with Gasteiger partial charge < -0.3 is 25.7 Å². The highest BCUT2D eigenvalue weighted by molar-refractivity contribution is 5.90. The fourth-order valence-corrected chi connectivity index (χ4v) is 3.21. The van der Waals surface area contributed by atoms with Gasteiger partial charge in [0.2, 0.25) is 5.91 Å². The topological polar surface area (TPSA) is 90.5 Å². The largest absolute Gasteiger partial charge is 0.495 e. The van der Waals surface area contributed by atoms with Crippen molar-refractivity contribution in [2.24, 2.45) is 4.99 Å². The number of aromatic amines is 1. The van der Waals surface area contributed by atoms with E-state index in [0.717, 1.165) is 30.0 Å². The van der Waals surface area contributed by atoms with Crippen LogP contribution in [0.4, 0.5) is 5.69 Å². The van der Waals surface area contributed by atoms with Gasteiger partial charge >= 0.3 is 0 Å². The first-order valence-electron chi connectivity index (χ1n) is 9.54. The zero-order chi connectivity index (χ0) is 20.6. The van der Waals surface area contributed by atoms with E-state index in [1.165, 1.54) is 17.9 Å². The second kappa shape index (κ2) is 9.64. The molecule has 0 aliphatic rings. The number of benzene rings is 2. The first-order valence-corrected chi connectivity index (χ1v) is 9.54. The summed E-state index contributed by atoms with van der Waals surface area (Å²) in [6.07, 6.45) is 2.95. The van der Waals surface area contributed by atoms with Crippen molar-refractivity contribution in [1.29, 1.82) is 0 Å². The van der Waals surface area contributed by atoms with Crippen LogP contribution < -0.4 is 20.7 Å². The van der Waals surface area contributed by atoms with Crippen LogP contribution in [0, 0.1) is 0 Å². The third-order valence-electron chi connectivity index (χ3n) is 4.62. The lowest BCUT2D eigenvalue weighted by molar-refractivity contribution is -0.114. The molecule has 0 radical (unpaired) electrons. The maximum Gasteiger partial charge on any atom is 0.221 e. The smallest absolute Gasteiger partial charge is 0.221 e. The molecule has 29 heavy (non-hydrogen) atoms. The SMILES string of the molecule is CN=C(NCCc1c[nH]c2ccccc12)NCc1ccc(OC)c(NC(C)=O)c1. The molecule has 152 valence electrons. The number of nitrogens with one attached hydrogen (secondary N) is 4. The minimum Gasteiger partial charge on any atom is -0.495 e. The van der Waals surface area contributed by atoms with E-state index < -0.39 is 0 Å². The van der Waals surface area contributed by atoms with E-state index in [-0.39, 0.29) is 5.91 Å². The van der Waals surface area contributed by atoms with E-state index in [1.807, 2.05) is 24.3 Å². The molecule has 0 fully saturated rings. The zero-order valence-electron chi connectivity index (χ0n) is 17.0. The molecule has 0 unspecified atom stereocenters. The van der Waals surface area contributed by atoms with Crippen LogP contribution in [0.2, 0.25) is 0 Å². The molecule has 4 N–H and O–H groups in total. The molecular weight excluding hydrogens is 366 g/mol. The van der Waals surface area contributed by atoms with Crippen LogP contribution in [-0.2, 0) is 17.8 Å². The number of amides is 1. The van der Waals surface area contributed by atoms with E-state index in [1.54, 1.807) is 14.2 Å². The summed E-state index contributed by atoms with van der Waals surface area (Å²) in [5.74, 6) is 1.22. The number of fused-ring (bicyclic) bond motifs is 1. The molecule has 2 aromatic carbocycles. The Morgan fingerprint density at radius 2 is 2.00 bits per heavy atom. The molecule has 0 saturated carbocycles. The predicted molar refractivity (Wildman–Crippen MR) is 118 cm³/mol. The molecule has 7 nitrogen and oxygen atoms in total. The van der Waals surface area contributed by atoms with Crippen molar-refractivity contribution in [1.82, 2.24) is 15.6 Å². The van der Waals surface area contributed by atoms with Gasteiger partial charge in [0.25, 0.3) is 0 Å². The molecule has 3 rings (SSSR count). The van der Waals surface area contributed by atoms with Gasteiger partial charge in [-0.15, -0.1) is 0 Å². The number of aromatic nitrogens is 1. The van der Waals surface area contributed by atoms with Crippen molar-refractivity contribution in [2.45, 2.75) is 19.9 Å². The number of carbonyl (C=O) groups is 1. The first kappa shape index (κ1) is 20.3. The third kappa shape index (κ3) is 5.28. The lowest BCUT2D eigenvalue weighted by Gasteiger charge is -2.14. The highest BCUT2D eigenvalue weighted by Gasteiger charge is 2.07. The number of anilines is 1. The van der Waals surface area contributed by atoms with Gasteiger partial charge in [-0.1, -0.05) is 24.3 Å². The van der Waals surface area contributed by atoms with Gasteiger partial charge in [0.15, 0.2) is 5.96 Å². The Morgan fingerprint density at radius 3 is 2.76 bits per heavy atom. The number of rotatable bonds is 7. The lowest BCUT2D eigenvalue weighted by Crippen LogP contribution is -2.37. The van der Waals surface area contributed by atoms with E-state index in [2.05, 4.69) is 50.3 Å². The molecule has 1 amide bonds. The van der Waals surface area contributed by atoms with Crippen LogP contribution in [0.1, 0.15) is 18.1 Å². The maximum absolute atomic E-state index is 11.4. The number of methoxy groups -OCH3 is 1. The number of hydrogen-bond acceptors (Lipinski definition) is 3. The summed E-state index contributed by atoms with van der Waals surface area (Å²) in [4.78, 5) is 19.0. The highest BCUT2D eigenvalue weighted by atomic mass is 16.5. The van der Waals surface area contributed by atoms with Gasteiger partial charge in [-0.2, -0.15) is 0 Å². The van der Waals surface area contributed by atoms with E-state index in [4.69, 9.17) is 4.74 Å². The summed E-state index contributed by atoms with van der Waals surface area (Å²) in [6.45, 7) is 2.81. The third-order valence-corrected chi connectivity index (χ3v) is 4.62. The molecule has 1 heterocycles. The van der Waals surface area contributed by atoms with Gasteiger partial charge in [-0.25, -0.2) is 0 Å². The van der Waals surface area contributed by atoms with E-state index >= 15 is 0 Å². The summed E-state index contributed by atoms with van der Waals surface area (Å²) in [6, 6.07) is 14.0. The number of ether oxygens (including phenoxy) is 1. The van der Waals surface area contributed by atoms with Crippen molar-refractivity contribution >= 4 is 28.5 Å². The molecule has 3 aromatic rings. The van der Waals surface area contributed by atoms with Crippen LogP contribution in [0.25, 0.3) is 10.9 Å². The summed E-state index contributed by atoms with van der Waals surface area (Å²) >= 11 is 0. The molecule has 0 aliphatic heterocycles. The minimum atomic E-state index is -0.136. The molecule has 7 heteroatoms. The summed E-state index contributed by atoms with van der Waals surface area (Å²) in [7, 11) is 3.33. The number of guanidine groups is 1. The first-order chi connectivity index (χ1) is 14.1. The monoisotopic (exact) mass is 393 g/mol. The molecule has 0 atom stereocenters. The van der Waals surface area contributed by atoms with Crippen molar-refractivity contribution in [3.05, 3.63) is 59.8 Å². The second-order valence-corrected chi connectivity index (χ2v) is 6.68. The van der Waals surface area contributed by atoms with Crippen molar-refractivity contribution in [2.75, 3.05) is 26.0 Å². The maximum atomic E-state index is 11.4. The van der Waals surface area contributed by atoms with Gasteiger partial charge in [0.1, 0.15) is 5.75 Å². The quantitative estimate of drug-likeness (QED) is 0.367. The predicted octanol–water partition coefficient (Wildman–Crippen LogP) is 3.04. The zero-order valence-corrected chi connectivity index (χ0v) is 17.0. The Morgan fingerprint density at radius 1 is 1.17 bits per heavy atom. The van der Waals surface area contributed by atoms with Gasteiger partial charge in [0.05, 0.1) is 12.8 Å². The molecule has 1 aromatic heterocycles. The van der Waals surface area contributed by atoms with Crippen molar-refractivity contribution < 1.29 is 9.53 Å². The normalized spacial score (nSPS) is 11.3. The average Bonchev–Trinajstić information content (AvgIpc) is 3.13. The Balaban J connectivity index is 1.54. The Kier molecular flexibility index (Phi) is 6.73. The van der Waals surface area contributed by atoms with Crippen LogP contribution in [0.5, 0.6) is 5.75 Å². The Bertz CT molecular complexity index is 1010. The van der Waals surface area contributed by atoms with Crippen LogP contribution >= 0.6 is 0 Å². The van der Waals surface area contributed by atoms with Crippen molar-refractivity contribution in [3.63, 3.8) is 0 Å². The molecular formula is C22H27N5O2. The molecule has 0 aliphatic carbocycles. The highest BCUT2D eigenvalue weighted by Crippen LogP contribution is 2.25. The Hall–Kier alpha value is -3.48. The van der Waals surface area contributed by atoms with E-state index in [0.29, 0.717) is 18.0 Å². The number of para-hydroxylation sites is 1. The number of nitrogens with zero attached hydrogens (tertiary/aromatic N) is 1. The van der Waals surface area contributed by atoms with E-state index in [9.17, 15) is 4.79 Å².